The number of hydrogen-bond donors (Lipinski definition) is 1. The van der Waals surface area contributed by atoms with Crippen molar-refractivity contribution in [3.05, 3.63) is 23.8 Å². The Morgan fingerprint density at radius 1 is 1.65 bits per heavy atom. The molecule has 1 atom stereocenters. The average molecular weight is 238 g/mol. The second kappa shape index (κ2) is 6.08. The normalized spacial score (nSPS) is 20.9. The van der Waals surface area contributed by atoms with E-state index in [1.54, 1.807) is 7.05 Å². The molecule has 1 N–H and O–H groups in total. The maximum atomic E-state index is 11.6. The number of urea groups is 1. The fourth-order valence-electron chi connectivity index (χ4n) is 1.39. The summed E-state index contributed by atoms with van der Waals surface area (Å²) in [5.41, 5.74) is 0.953. The van der Waals surface area contributed by atoms with Gasteiger partial charge in [-0.1, -0.05) is 18.2 Å². The molecular formula is C12H18N2O3. The van der Waals surface area contributed by atoms with Crippen LogP contribution in [-0.4, -0.2) is 43.1 Å². The van der Waals surface area contributed by atoms with Gasteiger partial charge in [-0.25, -0.2) is 9.59 Å². The van der Waals surface area contributed by atoms with Crippen molar-refractivity contribution in [1.82, 2.24) is 10.2 Å². The van der Waals surface area contributed by atoms with E-state index in [0.29, 0.717) is 6.54 Å². The number of carbonyl (C=O) groups is 2. The molecule has 1 aliphatic rings. The molecule has 0 aromatic heterocycles. The first kappa shape index (κ1) is 13.3. The van der Waals surface area contributed by atoms with Crippen LogP contribution in [0.5, 0.6) is 0 Å². The van der Waals surface area contributed by atoms with Crippen LogP contribution in [0, 0.1) is 0 Å². The number of hydrogen-bond acceptors (Lipinski definition) is 3. The van der Waals surface area contributed by atoms with Gasteiger partial charge in [0, 0.05) is 7.05 Å². The summed E-state index contributed by atoms with van der Waals surface area (Å²) < 4.78 is 5.10. The smallest absolute Gasteiger partial charge is 0.330 e. The van der Waals surface area contributed by atoms with Crippen molar-refractivity contribution in [3.8, 4) is 0 Å². The Hall–Kier alpha value is -1.78. The third-order valence-corrected chi connectivity index (χ3v) is 2.40. The van der Waals surface area contributed by atoms with Crippen LogP contribution in [0.3, 0.4) is 0 Å². The molecule has 5 heteroatoms. The summed E-state index contributed by atoms with van der Waals surface area (Å²) in [6, 6.07) is -0.796. The molecule has 0 unspecified atom stereocenters. The van der Waals surface area contributed by atoms with Crippen LogP contribution in [0.4, 0.5) is 4.79 Å². The number of ether oxygens (including phenoxy) is 1. The number of carbonyl (C=O) groups excluding carboxylic acids is 2. The molecule has 0 aromatic carbocycles. The molecule has 1 heterocycles. The van der Waals surface area contributed by atoms with Gasteiger partial charge in [-0.2, -0.15) is 0 Å². The Bertz CT molecular complexity index is 361. The fraction of sp³-hybridized carbons (Fsp3) is 0.500. The highest BCUT2D eigenvalue weighted by atomic mass is 16.5. The van der Waals surface area contributed by atoms with E-state index in [4.69, 9.17) is 4.74 Å². The highest BCUT2D eigenvalue weighted by molar-refractivity contribution is 5.87. The maximum Gasteiger partial charge on any atom is 0.330 e. The number of nitrogens with zero attached hydrogens (tertiary/aromatic N) is 1. The van der Waals surface area contributed by atoms with Gasteiger partial charge < -0.3 is 15.0 Å². The molecule has 17 heavy (non-hydrogen) atoms. The lowest BCUT2D eigenvalue weighted by Crippen LogP contribution is -2.36. The summed E-state index contributed by atoms with van der Waals surface area (Å²) >= 11 is 0. The highest BCUT2D eigenvalue weighted by Gasteiger charge is 2.32. The van der Waals surface area contributed by atoms with Gasteiger partial charge in [0.1, 0.15) is 12.6 Å². The Labute approximate surface area is 101 Å². The largest absolute Gasteiger partial charge is 0.460 e. The van der Waals surface area contributed by atoms with Gasteiger partial charge in [-0.3, -0.25) is 0 Å². The first-order valence-electron chi connectivity index (χ1n) is 5.51. The number of amides is 2. The summed E-state index contributed by atoms with van der Waals surface area (Å²) in [5, 5.41) is 2.55. The second-order valence-electron chi connectivity index (χ2n) is 4.03. The van der Waals surface area contributed by atoms with E-state index in [-0.39, 0.29) is 12.6 Å². The lowest BCUT2D eigenvalue weighted by molar-refractivity contribution is -0.144. The van der Waals surface area contributed by atoms with Gasteiger partial charge in [0.15, 0.2) is 0 Å². The van der Waals surface area contributed by atoms with E-state index in [1.807, 2.05) is 32.1 Å². The van der Waals surface area contributed by atoms with E-state index in [1.165, 1.54) is 4.90 Å². The minimum atomic E-state index is -0.554. The van der Waals surface area contributed by atoms with Gasteiger partial charge >= 0.3 is 12.0 Å². The molecule has 0 bridgehead atoms. The zero-order valence-electron chi connectivity index (χ0n) is 10.4. The predicted molar refractivity (Wildman–Crippen MR) is 64.5 cm³/mol. The van der Waals surface area contributed by atoms with E-state index in [0.717, 1.165) is 5.57 Å². The number of esters is 1. The quantitative estimate of drug-likeness (QED) is 0.589. The predicted octanol–water partition coefficient (Wildman–Crippen LogP) is 1.08. The van der Waals surface area contributed by atoms with Crippen LogP contribution in [0.15, 0.2) is 23.8 Å². The Kier molecular flexibility index (Phi) is 4.75. The molecule has 1 fully saturated rings. The van der Waals surface area contributed by atoms with Crippen LogP contribution >= 0.6 is 0 Å². The topological polar surface area (TPSA) is 58.6 Å². The zero-order valence-corrected chi connectivity index (χ0v) is 10.4. The molecule has 1 aliphatic heterocycles. The monoisotopic (exact) mass is 238 g/mol. The standard InChI is InChI=1S/C12H18N2O3/c1-4-5-6-9(2)8-17-11(15)10-7-14(3)12(16)13-10/h4-6,10H,7-8H2,1-3H3,(H,13,16)/b5-4-,9-6+/t10-/m0/s1. The van der Waals surface area contributed by atoms with Crippen molar-refractivity contribution in [2.75, 3.05) is 20.2 Å². The third-order valence-electron chi connectivity index (χ3n) is 2.40. The van der Waals surface area contributed by atoms with Gasteiger partial charge in [0.25, 0.3) is 0 Å². The molecule has 94 valence electrons. The lowest BCUT2D eigenvalue weighted by atomic mass is 10.3. The maximum absolute atomic E-state index is 11.6. The first-order chi connectivity index (χ1) is 8.04. The lowest BCUT2D eigenvalue weighted by Gasteiger charge is -2.09. The third kappa shape index (κ3) is 3.94. The highest BCUT2D eigenvalue weighted by Crippen LogP contribution is 2.04. The summed E-state index contributed by atoms with van der Waals surface area (Å²) in [7, 11) is 1.64. The Morgan fingerprint density at radius 2 is 2.35 bits per heavy atom. The van der Waals surface area contributed by atoms with Crippen molar-refractivity contribution in [2.45, 2.75) is 19.9 Å². The van der Waals surface area contributed by atoms with Crippen molar-refractivity contribution < 1.29 is 14.3 Å². The molecule has 1 saturated heterocycles. The van der Waals surface area contributed by atoms with Gasteiger partial charge in [-0.15, -0.1) is 0 Å². The van der Waals surface area contributed by atoms with E-state index in [9.17, 15) is 9.59 Å². The Morgan fingerprint density at radius 3 is 2.88 bits per heavy atom. The number of allylic oxidation sites excluding steroid dienone is 3. The van der Waals surface area contributed by atoms with Crippen molar-refractivity contribution in [2.24, 2.45) is 0 Å². The SMILES string of the molecule is C/C=C\C=C(/C)COC(=O)[C@@H]1CN(C)C(=O)N1. The summed E-state index contributed by atoms with van der Waals surface area (Å²) in [5.74, 6) is -0.393. The molecule has 0 aliphatic carbocycles. The summed E-state index contributed by atoms with van der Waals surface area (Å²) in [6.07, 6.45) is 5.67. The van der Waals surface area contributed by atoms with Gasteiger partial charge in [0.05, 0.1) is 6.54 Å². The molecule has 0 aromatic rings. The summed E-state index contributed by atoms with van der Waals surface area (Å²) in [4.78, 5) is 24.2. The molecule has 2 amide bonds. The number of nitrogens with one attached hydrogen (secondary N) is 1. The first-order valence-corrected chi connectivity index (χ1v) is 5.51. The van der Waals surface area contributed by atoms with Crippen molar-refractivity contribution in [3.63, 3.8) is 0 Å². The minimum absolute atomic E-state index is 0.242. The van der Waals surface area contributed by atoms with Crippen LogP contribution in [0.1, 0.15) is 13.8 Å². The molecule has 5 nitrogen and oxygen atoms in total. The second-order valence-corrected chi connectivity index (χ2v) is 4.03. The van der Waals surface area contributed by atoms with Gasteiger partial charge in [0.2, 0.25) is 0 Å². The average Bonchev–Trinajstić information content (AvgIpc) is 2.64. The van der Waals surface area contributed by atoms with Crippen molar-refractivity contribution in [1.29, 1.82) is 0 Å². The molecule has 0 radical (unpaired) electrons. The van der Waals surface area contributed by atoms with E-state index >= 15 is 0 Å². The zero-order chi connectivity index (χ0) is 12.8. The van der Waals surface area contributed by atoms with Crippen LogP contribution in [0.25, 0.3) is 0 Å². The van der Waals surface area contributed by atoms with Crippen LogP contribution in [0.2, 0.25) is 0 Å². The fourth-order valence-corrected chi connectivity index (χ4v) is 1.39. The summed E-state index contributed by atoms with van der Waals surface area (Å²) in [6.45, 7) is 4.40. The minimum Gasteiger partial charge on any atom is -0.460 e. The van der Waals surface area contributed by atoms with Crippen LogP contribution in [-0.2, 0) is 9.53 Å². The van der Waals surface area contributed by atoms with Gasteiger partial charge in [-0.05, 0) is 19.4 Å². The Balaban J connectivity index is 2.38. The molecule has 0 saturated carbocycles. The molecule has 1 rings (SSSR count). The van der Waals surface area contributed by atoms with Crippen molar-refractivity contribution >= 4 is 12.0 Å². The number of likely N-dealkylation sites (N-methyl/N-ethyl adjacent to an activating group) is 1. The molecule has 0 spiro atoms. The van der Waals surface area contributed by atoms with E-state index < -0.39 is 12.0 Å². The van der Waals surface area contributed by atoms with Crippen LogP contribution < -0.4 is 5.32 Å². The number of rotatable bonds is 4. The molecular weight excluding hydrogens is 220 g/mol. The van der Waals surface area contributed by atoms with E-state index in [2.05, 4.69) is 5.32 Å².